The first kappa shape index (κ1) is 19.7. The Bertz CT molecular complexity index is 817. The predicted octanol–water partition coefficient (Wildman–Crippen LogP) is 2.39. The molecule has 150 valence electrons. The Labute approximate surface area is 165 Å². The van der Waals surface area contributed by atoms with E-state index in [0.717, 1.165) is 49.9 Å². The Morgan fingerprint density at radius 2 is 1.82 bits per heavy atom. The van der Waals surface area contributed by atoms with E-state index in [9.17, 15) is 10.2 Å². The van der Waals surface area contributed by atoms with Gasteiger partial charge >= 0.3 is 0 Å². The van der Waals surface area contributed by atoms with Gasteiger partial charge < -0.3 is 30.1 Å². The van der Waals surface area contributed by atoms with Crippen LogP contribution in [0, 0.1) is 0 Å². The van der Waals surface area contributed by atoms with Gasteiger partial charge in [-0.25, -0.2) is 4.99 Å². The fraction of sp³-hybridized carbons (Fsp3) is 0.381. The number of phenolic OH excluding ortho intramolecular Hbond substituents is 2. The van der Waals surface area contributed by atoms with Gasteiger partial charge in [-0.2, -0.15) is 0 Å². The number of hydrogen-bond acceptors (Lipinski definition) is 5. The molecule has 28 heavy (non-hydrogen) atoms. The van der Waals surface area contributed by atoms with Crippen LogP contribution in [0.2, 0.25) is 0 Å². The molecule has 0 bridgehead atoms. The topological polar surface area (TPSA) is 80.6 Å². The van der Waals surface area contributed by atoms with Crippen LogP contribution >= 0.6 is 0 Å². The molecule has 0 radical (unpaired) electrons. The van der Waals surface area contributed by atoms with E-state index < -0.39 is 0 Å². The van der Waals surface area contributed by atoms with Crippen LogP contribution in [0.3, 0.4) is 0 Å². The van der Waals surface area contributed by atoms with E-state index in [1.807, 2.05) is 37.3 Å². The third-order valence-electron chi connectivity index (χ3n) is 4.84. The molecule has 0 aliphatic carbocycles. The molecule has 1 aliphatic heterocycles. The molecular weight excluding hydrogens is 356 g/mol. The van der Waals surface area contributed by atoms with Gasteiger partial charge in [0, 0.05) is 38.3 Å². The van der Waals surface area contributed by atoms with Gasteiger partial charge in [-0.1, -0.05) is 24.3 Å². The average Bonchev–Trinajstić information content (AvgIpc) is 2.72. The molecule has 1 heterocycles. The number of guanidine groups is 1. The van der Waals surface area contributed by atoms with Gasteiger partial charge in [0.15, 0.2) is 17.5 Å². The number of aliphatic imine (C=N–C) groups is 1. The quantitative estimate of drug-likeness (QED) is 0.543. The van der Waals surface area contributed by atoms with Crippen LogP contribution in [0.1, 0.15) is 12.5 Å². The summed E-state index contributed by atoms with van der Waals surface area (Å²) in [6.07, 6.45) is 0. The Kier molecular flexibility index (Phi) is 6.47. The van der Waals surface area contributed by atoms with Crippen LogP contribution < -0.4 is 15.0 Å². The van der Waals surface area contributed by atoms with Crippen molar-refractivity contribution in [2.24, 2.45) is 4.99 Å². The number of aromatic hydroxyl groups is 2. The number of anilines is 1. The molecule has 0 unspecified atom stereocenters. The van der Waals surface area contributed by atoms with Gasteiger partial charge in [0.2, 0.25) is 0 Å². The number of phenols is 2. The average molecular weight is 384 g/mol. The Balaban J connectivity index is 1.68. The van der Waals surface area contributed by atoms with Gasteiger partial charge in [-0.05, 0) is 25.1 Å². The largest absolute Gasteiger partial charge is 0.506 e. The first-order chi connectivity index (χ1) is 13.6. The third kappa shape index (κ3) is 4.42. The van der Waals surface area contributed by atoms with Gasteiger partial charge in [0.25, 0.3) is 0 Å². The summed E-state index contributed by atoms with van der Waals surface area (Å²) in [6.45, 7) is 6.36. The first-order valence-corrected chi connectivity index (χ1v) is 9.55. The summed E-state index contributed by atoms with van der Waals surface area (Å²) in [5.41, 5.74) is 1.59. The summed E-state index contributed by atoms with van der Waals surface area (Å²) in [7, 11) is 1.54. The van der Waals surface area contributed by atoms with Crippen LogP contribution in [-0.4, -0.2) is 60.9 Å². The molecule has 2 aromatic carbocycles. The van der Waals surface area contributed by atoms with E-state index in [4.69, 9.17) is 9.73 Å². The van der Waals surface area contributed by atoms with Gasteiger partial charge in [0.1, 0.15) is 5.75 Å². The van der Waals surface area contributed by atoms with Gasteiger partial charge in [-0.3, -0.25) is 0 Å². The lowest BCUT2D eigenvalue weighted by atomic mass is 10.2. The lowest BCUT2D eigenvalue weighted by Crippen LogP contribution is -2.52. The number of ether oxygens (including phenoxy) is 1. The highest BCUT2D eigenvalue weighted by molar-refractivity contribution is 5.80. The zero-order valence-electron chi connectivity index (χ0n) is 16.4. The number of nitrogens with one attached hydrogen (secondary N) is 1. The number of para-hydroxylation sites is 3. The molecule has 0 aromatic heterocycles. The van der Waals surface area contributed by atoms with Crippen LogP contribution in [0.4, 0.5) is 5.69 Å². The maximum atomic E-state index is 10.3. The number of benzene rings is 2. The zero-order chi connectivity index (χ0) is 19.9. The van der Waals surface area contributed by atoms with Crippen molar-refractivity contribution in [2.75, 3.05) is 44.7 Å². The first-order valence-electron chi connectivity index (χ1n) is 9.55. The van der Waals surface area contributed by atoms with Crippen molar-refractivity contribution in [1.82, 2.24) is 10.2 Å². The van der Waals surface area contributed by atoms with Crippen molar-refractivity contribution in [3.05, 3.63) is 48.0 Å². The fourth-order valence-electron chi connectivity index (χ4n) is 3.34. The smallest absolute Gasteiger partial charge is 0.194 e. The second-order valence-corrected chi connectivity index (χ2v) is 6.60. The SMILES string of the molecule is CCNC(=NCc1cccc(OC)c1O)N1CCN(c2ccccc2O)CC1. The Morgan fingerprint density at radius 1 is 1.07 bits per heavy atom. The molecule has 1 saturated heterocycles. The second kappa shape index (κ2) is 9.21. The number of methoxy groups -OCH3 is 1. The molecule has 7 heteroatoms. The lowest BCUT2D eigenvalue weighted by Gasteiger charge is -2.37. The van der Waals surface area contributed by atoms with Crippen molar-refractivity contribution in [2.45, 2.75) is 13.5 Å². The highest BCUT2D eigenvalue weighted by Crippen LogP contribution is 2.30. The summed E-state index contributed by atoms with van der Waals surface area (Å²) in [4.78, 5) is 9.10. The molecule has 3 N–H and O–H groups in total. The summed E-state index contributed by atoms with van der Waals surface area (Å²) < 4.78 is 5.17. The summed E-state index contributed by atoms with van der Waals surface area (Å²) in [5, 5.41) is 23.7. The molecule has 7 nitrogen and oxygen atoms in total. The molecule has 0 spiro atoms. The monoisotopic (exact) mass is 384 g/mol. The highest BCUT2D eigenvalue weighted by atomic mass is 16.5. The fourth-order valence-corrected chi connectivity index (χ4v) is 3.34. The molecule has 0 amide bonds. The van der Waals surface area contributed by atoms with E-state index in [1.165, 1.54) is 7.11 Å². The van der Waals surface area contributed by atoms with E-state index in [1.54, 1.807) is 12.1 Å². The standard InChI is InChI=1S/C21H28N4O3/c1-3-22-21(23-15-16-7-6-10-19(28-2)20(16)27)25-13-11-24(12-14-25)17-8-4-5-9-18(17)26/h4-10,26-27H,3,11-15H2,1-2H3,(H,22,23). The second-order valence-electron chi connectivity index (χ2n) is 6.60. The number of hydrogen-bond donors (Lipinski definition) is 3. The molecular formula is C21H28N4O3. The van der Waals surface area contributed by atoms with Crippen molar-refractivity contribution in [1.29, 1.82) is 0 Å². The van der Waals surface area contributed by atoms with Crippen molar-refractivity contribution in [3.63, 3.8) is 0 Å². The predicted molar refractivity (Wildman–Crippen MR) is 111 cm³/mol. The van der Waals surface area contributed by atoms with E-state index in [0.29, 0.717) is 18.0 Å². The van der Waals surface area contributed by atoms with Gasteiger partial charge in [-0.15, -0.1) is 0 Å². The van der Waals surface area contributed by atoms with Gasteiger partial charge in [0.05, 0.1) is 19.3 Å². The van der Waals surface area contributed by atoms with Crippen molar-refractivity contribution >= 4 is 11.6 Å². The normalized spacial score (nSPS) is 14.9. The number of nitrogens with zero attached hydrogens (tertiary/aromatic N) is 3. The third-order valence-corrected chi connectivity index (χ3v) is 4.84. The summed E-state index contributed by atoms with van der Waals surface area (Å²) in [6, 6.07) is 12.9. The Morgan fingerprint density at radius 3 is 2.50 bits per heavy atom. The zero-order valence-corrected chi connectivity index (χ0v) is 16.4. The number of piperazine rings is 1. The molecule has 0 atom stereocenters. The lowest BCUT2D eigenvalue weighted by molar-refractivity contribution is 0.367. The molecule has 0 saturated carbocycles. The Hall–Kier alpha value is -3.09. The minimum atomic E-state index is 0.133. The minimum absolute atomic E-state index is 0.133. The van der Waals surface area contributed by atoms with Crippen LogP contribution in [0.5, 0.6) is 17.2 Å². The molecule has 1 fully saturated rings. The molecule has 3 rings (SSSR count). The maximum Gasteiger partial charge on any atom is 0.194 e. The van der Waals surface area contributed by atoms with E-state index in [2.05, 4.69) is 15.1 Å². The summed E-state index contributed by atoms with van der Waals surface area (Å²) in [5.74, 6) is 1.72. The maximum absolute atomic E-state index is 10.3. The van der Waals surface area contributed by atoms with E-state index in [-0.39, 0.29) is 5.75 Å². The molecule has 2 aromatic rings. The summed E-state index contributed by atoms with van der Waals surface area (Å²) >= 11 is 0. The van der Waals surface area contributed by atoms with E-state index >= 15 is 0 Å². The highest BCUT2D eigenvalue weighted by Gasteiger charge is 2.21. The van der Waals surface area contributed by atoms with Crippen LogP contribution in [0.25, 0.3) is 0 Å². The van der Waals surface area contributed by atoms with Crippen LogP contribution in [0.15, 0.2) is 47.5 Å². The number of rotatable bonds is 5. The van der Waals surface area contributed by atoms with Crippen LogP contribution in [-0.2, 0) is 6.54 Å². The van der Waals surface area contributed by atoms with Crippen molar-refractivity contribution < 1.29 is 14.9 Å². The molecule has 1 aliphatic rings. The van der Waals surface area contributed by atoms with Crippen molar-refractivity contribution in [3.8, 4) is 17.2 Å². The minimum Gasteiger partial charge on any atom is -0.506 e.